The minimum Gasteiger partial charge on any atom is -0.369 e. The second-order valence-corrected chi connectivity index (χ2v) is 5.15. The van der Waals surface area contributed by atoms with E-state index in [2.05, 4.69) is 25.9 Å². The average Bonchev–Trinajstić information content (AvgIpc) is 2.68. The first-order chi connectivity index (χ1) is 9.38. The Morgan fingerprint density at radius 1 is 1.05 bits per heavy atom. The van der Waals surface area contributed by atoms with E-state index in [-0.39, 0.29) is 0 Å². The van der Waals surface area contributed by atoms with Crippen LogP contribution in [0.4, 0.5) is 11.6 Å². The topological polar surface area (TPSA) is 61.9 Å². The van der Waals surface area contributed by atoms with Crippen molar-refractivity contribution >= 4 is 11.6 Å². The fourth-order valence-electron chi connectivity index (χ4n) is 2.48. The van der Waals surface area contributed by atoms with Crippen molar-refractivity contribution in [3.05, 3.63) is 12.4 Å². The van der Waals surface area contributed by atoms with E-state index in [1.54, 1.807) is 6.33 Å². The maximum absolute atomic E-state index is 4.31. The Hall–Kier alpha value is -1.36. The number of nitrogens with one attached hydrogen (secondary N) is 3. The number of likely N-dealkylation sites (N-methyl/N-ethyl adjacent to an activating group) is 1. The van der Waals surface area contributed by atoms with E-state index < -0.39 is 0 Å². The van der Waals surface area contributed by atoms with Crippen LogP contribution in [0.5, 0.6) is 0 Å². The summed E-state index contributed by atoms with van der Waals surface area (Å²) >= 11 is 0. The van der Waals surface area contributed by atoms with Crippen molar-refractivity contribution in [3.8, 4) is 0 Å². The smallest absolute Gasteiger partial charge is 0.131 e. The maximum Gasteiger partial charge on any atom is 0.131 e. The summed E-state index contributed by atoms with van der Waals surface area (Å²) in [5, 5.41) is 9.93. The highest BCUT2D eigenvalue weighted by Gasteiger charge is 2.12. The zero-order valence-electron chi connectivity index (χ0n) is 11.8. The predicted octanol–water partition coefficient (Wildman–Crippen LogP) is 2.24. The Morgan fingerprint density at radius 3 is 2.53 bits per heavy atom. The third-order valence-electron chi connectivity index (χ3n) is 3.56. The Kier molecular flexibility index (Phi) is 5.88. The molecule has 0 amide bonds. The second-order valence-electron chi connectivity index (χ2n) is 5.15. The summed E-state index contributed by atoms with van der Waals surface area (Å²) in [7, 11) is 1.95. The zero-order valence-corrected chi connectivity index (χ0v) is 11.8. The number of anilines is 2. The van der Waals surface area contributed by atoms with Crippen LogP contribution >= 0.6 is 0 Å². The lowest BCUT2D eigenvalue weighted by Crippen LogP contribution is -2.20. The van der Waals surface area contributed by atoms with Crippen LogP contribution in [0.2, 0.25) is 0 Å². The fraction of sp³-hybridized carbons (Fsp3) is 0.714. The lowest BCUT2D eigenvalue weighted by molar-refractivity contribution is 0.617. The summed E-state index contributed by atoms with van der Waals surface area (Å²) in [4.78, 5) is 8.55. The van der Waals surface area contributed by atoms with Crippen LogP contribution in [0.3, 0.4) is 0 Å². The Labute approximate surface area is 115 Å². The molecule has 1 heterocycles. The van der Waals surface area contributed by atoms with Crippen molar-refractivity contribution in [2.75, 3.05) is 30.8 Å². The van der Waals surface area contributed by atoms with E-state index in [0.717, 1.165) is 24.7 Å². The number of aromatic nitrogens is 2. The third kappa shape index (κ3) is 5.03. The lowest BCUT2D eigenvalue weighted by Gasteiger charge is -2.17. The van der Waals surface area contributed by atoms with Gasteiger partial charge in [0.1, 0.15) is 18.0 Å². The van der Waals surface area contributed by atoms with Gasteiger partial charge < -0.3 is 16.0 Å². The first kappa shape index (κ1) is 14.1. The molecule has 19 heavy (non-hydrogen) atoms. The summed E-state index contributed by atoms with van der Waals surface area (Å²) in [6.07, 6.45) is 9.55. The minimum atomic E-state index is 0.572. The van der Waals surface area contributed by atoms with Crippen molar-refractivity contribution in [2.24, 2.45) is 0 Å². The second kappa shape index (κ2) is 7.94. The maximum atomic E-state index is 4.31. The molecule has 106 valence electrons. The molecule has 1 fully saturated rings. The van der Waals surface area contributed by atoms with Crippen LogP contribution < -0.4 is 16.0 Å². The molecule has 1 aromatic rings. The molecule has 0 bridgehead atoms. The standard InChI is InChI=1S/C14H25N5/c1-15-8-9-16-13-10-14(18-11-17-13)19-12-6-4-2-3-5-7-12/h10-12,15H,2-9H2,1H3,(H2,16,17,18,19). The SMILES string of the molecule is CNCCNc1cc(NC2CCCCCC2)ncn1. The molecule has 1 aliphatic rings. The predicted molar refractivity (Wildman–Crippen MR) is 79.6 cm³/mol. The largest absolute Gasteiger partial charge is 0.369 e. The normalized spacial score (nSPS) is 16.9. The molecule has 1 saturated carbocycles. The van der Waals surface area contributed by atoms with Crippen LogP contribution in [0.25, 0.3) is 0 Å². The molecule has 0 aliphatic heterocycles. The molecule has 0 atom stereocenters. The van der Waals surface area contributed by atoms with Gasteiger partial charge in [-0.2, -0.15) is 0 Å². The van der Waals surface area contributed by atoms with Gasteiger partial charge in [-0.3, -0.25) is 0 Å². The summed E-state index contributed by atoms with van der Waals surface area (Å²) in [5.41, 5.74) is 0. The molecule has 0 spiro atoms. The molecule has 5 heteroatoms. The van der Waals surface area contributed by atoms with Crippen molar-refractivity contribution in [3.63, 3.8) is 0 Å². The molecular weight excluding hydrogens is 238 g/mol. The van der Waals surface area contributed by atoms with Crippen molar-refractivity contribution in [1.29, 1.82) is 0 Å². The molecule has 0 saturated heterocycles. The molecule has 0 radical (unpaired) electrons. The van der Waals surface area contributed by atoms with Gasteiger partial charge in [-0.1, -0.05) is 25.7 Å². The van der Waals surface area contributed by atoms with E-state index in [4.69, 9.17) is 0 Å². The van der Waals surface area contributed by atoms with Crippen LogP contribution in [-0.2, 0) is 0 Å². The summed E-state index contributed by atoms with van der Waals surface area (Å²) in [6, 6.07) is 2.57. The number of nitrogens with zero attached hydrogens (tertiary/aromatic N) is 2. The van der Waals surface area contributed by atoms with Gasteiger partial charge in [0.2, 0.25) is 0 Å². The first-order valence-electron chi connectivity index (χ1n) is 7.35. The third-order valence-corrected chi connectivity index (χ3v) is 3.56. The van der Waals surface area contributed by atoms with Gasteiger partial charge in [0, 0.05) is 25.2 Å². The molecule has 1 aromatic heterocycles. The Bertz CT molecular complexity index is 361. The quantitative estimate of drug-likeness (QED) is 0.543. The molecule has 2 rings (SSSR count). The van der Waals surface area contributed by atoms with E-state index >= 15 is 0 Å². The highest BCUT2D eigenvalue weighted by atomic mass is 15.1. The number of hydrogen-bond donors (Lipinski definition) is 3. The van der Waals surface area contributed by atoms with E-state index in [9.17, 15) is 0 Å². The molecule has 0 aromatic carbocycles. The van der Waals surface area contributed by atoms with Gasteiger partial charge >= 0.3 is 0 Å². The van der Waals surface area contributed by atoms with Gasteiger partial charge in [-0.15, -0.1) is 0 Å². The van der Waals surface area contributed by atoms with E-state index in [0.29, 0.717) is 6.04 Å². The molecule has 1 aliphatic carbocycles. The van der Waals surface area contributed by atoms with E-state index in [1.165, 1.54) is 38.5 Å². The summed E-state index contributed by atoms with van der Waals surface area (Å²) in [6.45, 7) is 1.80. The first-order valence-corrected chi connectivity index (χ1v) is 7.35. The van der Waals surface area contributed by atoms with Gasteiger partial charge in [0.25, 0.3) is 0 Å². The highest BCUT2D eigenvalue weighted by molar-refractivity contribution is 5.46. The number of rotatable bonds is 6. The van der Waals surface area contributed by atoms with Gasteiger partial charge in [0.15, 0.2) is 0 Å². The van der Waals surface area contributed by atoms with E-state index in [1.807, 2.05) is 13.1 Å². The monoisotopic (exact) mass is 263 g/mol. The van der Waals surface area contributed by atoms with Crippen LogP contribution in [0, 0.1) is 0 Å². The number of hydrogen-bond acceptors (Lipinski definition) is 5. The van der Waals surface area contributed by atoms with Gasteiger partial charge in [0.05, 0.1) is 0 Å². The summed E-state index contributed by atoms with van der Waals surface area (Å²) < 4.78 is 0. The van der Waals surface area contributed by atoms with Crippen molar-refractivity contribution < 1.29 is 0 Å². The van der Waals surface area contributed by atoms with Gasteiger partial charge in [-0.05, 0) is 19.9 Å². The Morgan fingerprint density at radius 2 is 1.79 bits per heavy atom. The average molecular weight is 263 g/mol. The minimum absolute atomic E-state index is 0.572. The summed E-state index contributed by atoms with van der Waals surface area (Å²) in [5.74, 6) is 1.83. The lowest BCUT2D eigenvalue weighted by atomic mass is 10.1. The van der Waals surface area contributed by atoms with Crippen LogP contribution in [-0.4, -0.2) is 36.1 Å². The molecule has 5 nitrogen and oxygen atoms in total. The molecular formula is C14H25N5. The van der Waals surface area contributed by atoms with Gasteiger partial charge in [-0.25, -0.2) is 9.97 Å². The van der Waals surface area contributed by atoms with Crippen molar-refractivity contribution in [1.82, 2.24) is 15.3 Å². The molecule has 3 N–H and O–H groups in total. The van der Waals surface area contributed by atoms with Crippen molar-refractivity contribution in [2.45, 2.75) is 44.6 Å². The van der Waals surface area contributed by atoms with Crippen LogP contribution in [0.1, 0.15) is 38.5 Å². The fourth-order valence-corrected chi connectivity index (χ4v) is 2.48. The zero-order chi connectivity index (χ0) is 13.3. The molecule has 0 unspecified atom stereocenters. The van der Waals surface area contributed by atoms with Crippen LogP contribution in [0.15, 0.2) is 12.4 Å². The Balaban J connectivity index is 1.86. The highest BCUT2D eigenvalue weighted by Crippen LogP contribution is 2.20.